The van der Waals surface area contributed by atoms with E-state index in [4.69, 9.17) is 10.1 Å². The number of hydrogen-bond acceptors (Lipinski definition) is 6. The van der Waals surface area contributed by atoms with Crippen LogP contribution in [0.5, 0.6) is 0 Å². The summed E-state index contributed by atoms with van der Waals surface area (Å²) in [7, 11) is 0. The molecule has 4 heterocycles. The maximum Gasteiger partial charge on any atom is 0.228 e. The zero-order valence-electron chi connectivity index (χ0n) is 18.7. The molecule has 6 rings (SSSR count). The minimum atomic E-state index is -0.306. The molecule has 3 aliphatic rings. The number of aromatic nitrogens is 5. The second-order valence-corrected chi connectivity index (χ2v) is 9.50. The largest absolute Gasteiger partial charge is 0.354 e. The van der Waals surface area contributed by atoms with Crippen LogP contribution < -0.4 is 9.80 Å². The van der Waals surface area contributed by atoms with Gasteiger partial charge in [-0.2, -0.15) is 10.1 Å². The third kappa shape index (κ3) is 3.63. The zero-order chi connectivity index (χ0) is 22.5. The van der Waals surface area contributed by atoms with Gasteiger partial charge in [-0.15, -0.1) is 0 Å². The summed E-state index contributed by atoms with van der Waals surface area (Å²) in [6.07, 6.45) is 5.56. The number of hydrogen-bond donors (Lipinski definition) is 0. The van der Waals surface area contributed by atoms with Crippen LogP contribution in [-0.4, -0.2) is 44.4 Å². The van der Waals surface area contributed by atoms with Crippen molar-refractivity contribution in [2.24, 2.45) is 17.8 Å². The van der Waals surface area contributed by atoms with Gasteiger partial charge in [0.25, 0.3) is 0 Å². The highest BCUT2D eigenvalue weighted by Gasteiger charge is 2.43. The smallest absolute Gasteiger partial charge is 0.228 e. The van der Waals surface area contributed by atoms with E-state index in [1.165, 1.54) is 18.5 Å². The van der Waals surface area contributed by atoms with Gasteiger partial charge in [0.15, 0.2) is 17.5 Å². The van der Waals surface area contributed by atoms with Crippen LogP contribution in [0.3, 0.4) is 0 Å². The van der Waals surface area contributed by atoms with Crippen molar-refractivity contribution in [2.75, 3.05) is 29.4 Å². The van der Waals surface area contributed by atoms with Gasteiger partial charge >= 0.3 is 0 Å². The third-order valence-electron chi connectivity index (χ3n) is 7.52. The summed E-state index contributed by atoms with van der Waals surface area (Å²) in [6.45, 7) is 4.99. The van der Waals surface area contributed by atoms with Crippen molar-refractivity contribution in [3.8, 4) is 0 Å². The van der Waals surface area contributed by atoms with Crippen LogP contribution in [0.1, 0.15) is 30.8 Å². The first-order valence-electron chi connectivity index (χ1n) is 11.8. The standard InChI is InChI=1S/C24H27F2N7/c1-15-22(26)23(28-14-27-15)31-12-16-3-4-17(13-31)20(16)11-21-29-24-32(9-2-10-33(24)30-21)19-7-5-18(25)6-8-19/h5-8,14,16-17,20H,2-4,9-13H2,1H3/t16-,17+,20?. The molecule has 2 bridgehead atoms. The number of anilines is 3. The van der Waals surface area contributed by atoms with E-state index in [0.717, 1.165) is 69.3 Å². The fourth-order valence-electron chi connectivity index (χ4n) is 5.88. The van der Waals surface area contributed by atoms with Crippen molar-refractivity contribution in [3.05, 3.63) is 53.7 Å². The van der Waals surface area contributed by atoms with Gasteiger partial charge in [0, 0.05) is 38.3 Å². The molecule has 2 fully saturated rings. The van der Waals surface area contributed by atoms with Gasteiger partial charge in [-0.25, -0.2) is 23.4 Å². The Labute approximate surface area is 191 Å². The predicted molar refractivity (Wildman–Crippen MR) is 120 cm³/mol. The molecule has 1 saturated heterocycles. The van der Waals surface area contributed by atoms with Crippen LogP contribution in [0.2, 0.25) is 0 Å². The molecule has 172 valence electrons. The van der Waals surface area contributed by atoms with Crippen molar-refractivity contribution >= 4 is 17.5 Å². The van der Waals surface area contributed by atoms with Gasteiger partial charge in [0.1, 0.15) is 12.1 Å². The van der Waals surface area contributed by atoms with E-state index in [1.807, 2.05) is 4.68 Å². The fourth-order valence-corrected chi connectivity index (χ4v) is 5.88. The number of fused-ring (bicyclic) bond motifs is 3. The van der Waals surface area contributed by atoms with E-state index in [-0.39, 0.29) is 11.6 Å². The maximum absolute atomic E-state index is 14.6. The normalized spacial score (nSPS) is 24.3. The monoisotopic (exact) mass is 451 g/mol. The first-order chi connectivity index (χ1) is 16.1. The molecule has 0 amide bonds. The first-order valence-corrected chi connectivity index (χ1v) is 11.8. The topological polar surface area (TPSA) is 63.0 Å². The van der Waals surface area contributed by atoms with Gasteiger partial charge in [-0.3, -0.25) is 0 Å². The van der Waals surface area contributed by atoms with Crippen molar-refractivity contribution in [2.45, 2.75) is 39.2 Å². The summed E-state index contributed by atoms with van der Waals surface area (Å²) in [5.74, 6) is 3.06. The Hall–Kier alpha value is -3.10. The molecule has 0 N–H and O–H groups in total. The lowest BCUT2D eigenvalue weighted by Gasteiger charge is -2.38. The summed E-state index contributed by atoms with van der Waals surface area (Å²) in [5.41, 5.74) is 1.33. The number of rotatable bonds is 4. The van der Waals surface area contributed by atoms with Crippen molar-refractivity contribution in [3.63, 3.8) is 0 Å². The number of nitrogens with zero attached hydrogens (tertiary/aromatic N) is 7. The molecule has 0 spiro atoms. The lowest BCUT2D eigenvalue weighted by Crippen LogP contribution is -2.43. The Balaban J connectivity index is 1.20. The molecule has 2 aromatic heterocycles. The summed E-state index contributed by atoms with van der Waals surface area (Å²) in [4.78, 5) is 17.3. The molecule has 0 radical (unpaired) electrons. The number of aryl methyl sites for hydroxylation is 2. The lowest BCUT2D eigenvalue weighted by molar-refractivity contribution is 0.263. The van der Waals surface area contributed by atoms with Crippen LogP contribution in [0.25, 0.3) is 0 Å². The Morgan fingerprint density at radius 1 is 1.00 bits per heavy atom. The van der Waals surface area contributed by atoms with E-state index in [0.29, 0.717) is 29.3 Å². The summed E-state index contributed by atoms with van der Waals surface area (Å²) in [6, 6.07) is 6.56. The van der Waals surface area contributed by atoms with E-state index < -0.39 is 0 Å². The second kappa shape index (κ2) is 8.04. The molecule has 1 unspecified atom stereocenters. The van der Waals surface area contributed by atoms with Crippen LogP contribution in [0.4, 0.5) is 26.2 Å². The van der Waals surface area contributed by atoms with E-state index in [2.05, 4.69) is 19.8 Å². The van der Waals surface area contributed by atoms with Crippen LogP contribution in [-0.2, 0) is 13.0 Å². The summed E-state index contributed by atoms with van der Waals surface area (Å²) < 4.78 is 30.0. The molecular weight excluding hydrogens is 424 g/mol. The van der Waals surface area contributed by atoms with E-state index >= 15 is 0 Å². The van der Waals surface area contributed by atoms with Crippen LogP contribution in [0.15, 0.2) is 30.6 Å². The molecule has 33 heavy (non-hydrogen) atoms. The Morgan fingerprint density at radius 3 is 2.52 bits per heavy atom. The van der Waals surface area contributed by atoms with Crippen molar-refractivity contribution in [1.82, 2.24) is 24.7 Å². The quantitative estimate of drug-likeness (QED) is 0.600. The Bertz CT molecular complexity index is 1150. The van der Waals surface area contributed by atoms with Crippen molar-refractivity contribution < 1.29 is 8.78 Å². The zero-order valence-corrected chi connectivity index (χ0v) is 18.7. The highest BCUT2D eigenvalue weighted by atomic mass is 19.1. The van der Waals surface area contributed by atoms with Crippen molar-refractivity contribution in [1.29, 1.82) is 0 Å². The highest BCUT2D eigenvalue weighted by molar-refractivity contribution is 5.58. The molecule has 7 nitrogen and oxygen atoms in total. The maximum atomic E-state index is 14.6. The number of benzene rings is 1. The number of piperidine rings is 1. The first kappa shape index (κ1) is 20.5. The molecule has 1 saturated carbocycles. The van der Waals surface area contributed by atoms with Gasteiger partial charge in [0.05, 0.1) is 5.69 Å². The molecule has 2 aliphatic heterocycles. The predicted octanol–water partition coefficient (Wildman–Crippen LogP) is 3.90. The average molecular weight is 452 g/mol. The minimum absolute atomic E-state index is 0.239. The van der Waals surface area contributed by atoms with E-state index in [9.17, 15) is 8.78 Å². The van der Waals surface area contributed by atoms with E-state index in [1.54, 1.807) is 19.1 Å². The molecule has 3 atom stereocenters. The lowest BCUT2D eigenvalue weighted by atomic mass is 9.82. The van der Waals surface area contributed by atoms with Gasteiger partial charge in [-0.05, 0) is 68.2 Å². The minimum Gasteiger partial charge on any atom is -0.354 e. The van der Waals surface area contributed by atoms with Gasteiger partial charge in [-0.1, -0.05) is 0 Å². The molecular formula is C24H27F2N7. The summed E-state index contributed by atoms with van der Waals surface area (Å²) >= 11 is 0. The van der Waals surface area contributed by atoms with Crippen LogP contribution in [0, 0.1) is 36.3 Å². The molecule has 3 aromatic rings. The average Bonchev–Trinajstić information content (AvgIpc) is 3.32. The Kier molecular flexibility index (Phi) is 4.99. The molecule has 9 heteroatoms. The highest BCUT2D eigenvalue weighted by Crippen LogP contribution is 2.44. The fraction of sp³-hybridized carbons (Fsp3) is 0.500. The van der Waals surface area contributed by atoms with Gasteiger partial charge < -0.3 is 9.80 Å². The van der Waals surface area contributed by atoms with Gasteiger partial charge in [0.2, 0.25) is 5.95 Å². The SMILES string of the molecule is Cc1ncnc(N2C[C@H]3CC[C@@H](C2)C3Cc2nc3n(n2)CCCN3c2ccc(F)cc2)c1F. The van der Waals surface area contributed by atoms with Crippen LogP contribution >= 0.6 is 0 Å². The third-order valence-corrected chi connectivity index (χ3v) is 7.52. The second-order valence-electron chi connectivity index (χ2n) is 9.50. The number of halogens is 2. The molecule has 1 aromatic carbocycles. The molecule has 1 aliphatic carbocycles. The Morgan fingerprint density at radius 2 is 1.76 bits per heavy atom. The summed E-state index contributed by atoms with van der Waals surface area (Å²) in [5, 5.41) is 4.83.